The Morgan fingerprint density at radius 3 is 2.47 bits per heavy atom. The molecule has 1 N–H and O–H groups in total. The lowest BCUT2D eigenvalue weighted by Gasteiger charge is -2.16. The second-order valence-corrected chi connectivity index (χ2v) is 3.74. The standard InChI is InChI=1S/C13H12O4/c1-3-7-11(17-2)6-8-9(14)4-5-10(15)12(8)13(7)16/h4-6,16H,3H2,1-2H3. The van der Waals surface area contributed by atoms with Crippen molar-refractivity contribution in [1.29, 1.82) is 0 Å². The van der Waals surface area contributed by atoms with Crippen LogP contribution in [-0.4, -0.2) is 23.8 Å². The van der Waals surface area contributed by atoms with Crippen molar-refractivity contribution in [2.75, 3.05) is 7.11 Å². The summed E-state index contributed by atoms with van der Waals surface area (Å²) in [6, 6.07) is 1.51. The van der Waals surface area contributed by atoms with Gasteiger partial charge < -0.3 is 9.84 Å². The minimum atomic E-state index is -0.352. The Morgan fingerprint density at radius 1 is 1.24 bits per heavy atom. The third-order valence-electron chi connectivity index (χ3n) is 2.84. The fraction of sp³-hybridized carbons (Fsp3) is 0.231. The molecule has 1 aliphatic rings. The lowest BCUT2D eigenvalue weighted by Crippen LogP contribution is -2.13. The predicted molar refractivity (Wildman–Crippen MR) is 61.8 cm³/mol. The van der Waals surface area contributed by atoms with E-state index in [1.54, 1.807) is 0 Å². The number of aromatic hydroxyl groups is 1. The summed E-state index contributed by atoms with van der Waals surface area (Å²) >= 11 is 0. The molecular weight excluding hydrogens is 220 g/mol. The molecule has 0 saturated heterocycles. The maximum atomic E-state index is 11.7. The van der Waals surface area contributed by atoms with Crippen molar-refractivity contribution in [2.45, 2.75) is 13.3 Å². The Balaban J connectivity index is 2.78. The minimum Gasteiger partial charge on any atom is -0.507 e. The number of fused-ring (bicyclic) bond motifs is 1. The summed E-state index contributed by atoms with van der Waals surface area (Å²) in [6.45, 7) is 1.84. The number of hydrogen-bond acceptors (Lipinski definition) is 4. The van der Waals surface area contributed by atoms with Crippen LogP contribution in [0.25, 0.3) is 0 Å². The first-order valence-electron chi connectivity index (χ1n) is 5.29. The Hall–Kier alpha value is -2.10. The molecule has 0 bridgehead atoms. The molecule has 2 rings (SSSR count). The van der Waals surface area contributed by atoms with E-state index in [1.165, 1.54) is 25.3 Å². The molecule has 0 fully saturated rings. The quantitative estimate of drug-likeness (QED) is 0.845. The van der Waals surface area contributed by atoms with Gasteiger partial charge in [-0.1, -0.05) is 6.92 Å². The zero-order valence-corrected chi connectivity index (χ0v) is 9.61. The summed E-state index contributed by atoms with van der Waals surface area (Å²) in [6.07, 6.45) is 2.90. The number of allylic oxidation sites excluding steroid dienone is 2. The van der Waals surface area contributed by atoms with Gasteiger partial charge in [0, 0.05) is 11.1 Å². The highest BCUT2D eigenvalue weighted by Gasteiger charge is 2.26. The number of hydrogen-bond donors (Lipinski definition) is 1. The van der Waals surface area contributed by atoms with E-state index in [0.29, 0.717) is 17.7 Å². The van der Waals surface area contributed by atoms with E-state index in [-0.39, 0.29) is 28.4 Å². The van der Waals surface area contributed by atoms with Crippen LogP contribution in [-0.2, 0) is 6.42 Å². The summed E-state index contributed by atoms with van der Waals surface area (Å²) in [7, 11) is 1.46. The van der Waals surface area contributed by atoms with Crippen LogP contribution in [0.2, 0.25) is 0 Å². The van der Waals surface area contributed by atoms with Gasteiger partial charge in [-0.25, -0.2) is 0 Å². The molecule has 0 aromatic heterocycles. The minimum absolute atomic E-state index is 0.0788. The summed E-state index contributed by atoms with van der Waals surface area (Å²) in [4.78, 5) is 23.3. The molecule has 1 aromatic rings. The maximum Gasteiger partial charge on any atom is 0.190 e. The first-order chi connectivity index (χ1) is 8.10. The van der Waals surface area contributed by atoms with Crippen molar-refractivity contribution >= 4 is 11.6 Å². The normalized spacial score (nSPS) is 13.8. The number of phenols is 1. The molecule has 1 aromatic carbocycles. The first kappa shape index (κ1) is 11.4. The second-order valence-electron chi connectivity index (χ2n) is 3.74. The van der Waals surface area contributed by atoms with Crippen molar-refractivity contribution in [2.24, 2.45) is 0 Å². The average Bonchev–Trinajstić information content (AvgIpc) is 2.33. The second kappa shape index (κ2) is 4.05. The topological polar surface area (TPSA) is 63.6 Å². The van der Waals surface area contributed by atoms with Gasteiger partial charge in [-0.3, -0.25) is 9.59 Å². The Kier molecular flexibility index (Phi) is 2.71. The van der Waals surface area contributed by atoms with E-state index >= 15 is 0 Å². The van der Waals surface area contributed by atoms with Gasteiger partial charge in [0.25, 0.3) is 0 Å². The summed E-state index contributed by atoms with van der Waals surface area (Å²) in [5.41, 5.74) is 0.821. The number of phenolic OH excluding ortho intramolecular Hbond substituents is 1. The largest absolute Gasteiger partial charge is 0.507 e. The van der Waals surface area contributed by atoms with E-state index in [0.717, 1.165) is 0 Å². The molecule has 88 valence electrons. The molecule has 0 spiro atoms. The van der Waals surface area contributed by atoms with Crippen molar-refractivity contribution in [3.63, 3.8) is 0 Å². The number of carbonyl (C=O) groups excluding carboxylic acids is 2. The lowest BCUT2D eigenvalue weighted by atomic mass is 9.90. The van der Waals surface area contributed by atoms with Crippen LogP contribution in [0, 0.1) is 0 Å². The summed E-state index contributed by atoms with van der Waals surface area (Å²) in [5.74, 6) is -0.366. The first-order valence-corrected chi connectivity index (χ1v) is 5.29. The highest BCUT2D eigenvalue weighted by Crippen LogP contribution is 2.36. The average molecular weight is 232 g/mol. The molecule has 0 saturated carbocycles. The molecule has 4 heteroatoms. The van der Waals surface area contributed by atoms with Crippen LogP contribution in [0.15, 0.2) is 18.2 Å². The number of benzene rings is 1. The van der Waals surface area contributed by atoms with Gasteiger partial charge >= 0.3 is 0 Å². The maximum absolute atomic E-state index is 11.7. The molecule has 0 amide bonds. The molecule has 0 radical (unpaired) electrons. The lowest BCUT2D eigenvalue weighted by molar-refractivity contribution is 0.0991. The van der Waals surface area contributed by atoms with Crippen LogP contribution in [0.3, 0.4) is 0 Å². The van der Waals surface area contributed by atoms with Crippen LogP contribution >= 0.6 is 0 Å². The molecule has 1 aliphatic carbocycles. The van der Waals surface area contributed by atoms with Gasteiger partial charge in [0.05, 0.1) is 12.7 Å². The van der Waals surface area contributed by atoms with E-state index < -0.39 is 0 Å². The van der Waals surface area contributed by atoms with Crippen LogP contribution in [0.1, 0.15) is 33.2 Å². The SMILES string of the molecule is CCc1c(OC)cc2c(c1O)C(=O)C=CC2=O. The summed E-state index contributed by atoms with van der Waals surface area (Å²) in [5, 5.41) is 10.0. The Morgan fingerprint density at radius 2 is 1.88 bits per heavy atom. The highest BCUT2D eigenvalue weighted by atomic mass is 16.5. The number of ether oxygens (including phenoxy) is 1. The van der Waals surface area contributed by atoms with E-state index in [1.807, 2.05) is 6.92 Å². The third kappa shape index (κ3) is 1.62. The van der Waals surface area contributed by atoms with Crippen LogP contribution < -0.4 is 4.74 Å². The summed E-state index contributed by atoms with van der Waals surface area (Å²) < 4.78 is 5.12. The monoisotopic (exact) mass is 232 g/mol. The molecule has 0 aliphatic heterocycles. The van der Waals surface area contributed by atoms with Gasteiger partial charge in [-0.15, -0.1) is 0 Å². The van der Waals surface area contributed by atoms with Gasteiger partial charge in [0.15, 0.2) is 11.6 Å². The van der Waals surface area contributed by atoms with Crippen molar-refractivity contribution in [3.05, 3.63) is 34.9 Å². The smallest absolute Gasteiger partial charge is 0.190 e. The van der Waals surface area contributed by atoms with Crippen molar-refractivity contribution in [3.8, 4) is 11.5 Å². The number of ketones is 2. The zero-order valence-electron chi connectivity index (χ0n) is 9.61. The predicted octanol–water partition coefficient (Wildman–Crippen LogP) is 1.90. The molecule has 0 unspecified atom stereocenters. The van der Waals surface area contributed by atoms with Crippen LogP contribution in [0.5, 0.6) is 11.5 Å². The fourth-order valence-corrected chi connectivity index (χ4v) is 1.98. The number of carbonyl (C=O) groups is 2. The molecule has 4 nitrogen and oxygen atoms in total. The van der Waals surface area contributed by atoms with E-state index in [4.69, 9.17) is 4.74 Å². The Bertz CT molecular complexity index is 541. The van der Waals surface area contributed by atoms with Gasteiger partial charge in [-0.2, -0.15) is 0 Å². The highest BCUT2D eigenvalue weighted by molar-refractivity contribution is 6.23. The van der Waals surface area contributed by atoms with Gasteiger partial charge in [0.1, 0.15) is 11.5 Å². The van der Waals surface area contributed by atoms with E-state index in [9.17, 15) is 14.7 Å². The number of rotatable bonds is 2. The van der Waals surface area contributed by atoms with E-state index in [2.05, 4.69) is 0 Å². The molecular formula is C13H12O4. The molecule has 0 heterocycles. The van der Waals surface area contributed by atoms with Crippen LogP contribution in [0.4, 0.5) is 0 Å². The van der Waals surface area contributed by atoms with Crippen molar-refractivity contribution in [1.82, 2.24) is 0 Å². The third-order valence-corrected chi connectivity index (χ3v) is 2.84. The fourth-order valence-electron chi connectivity index (χ4n) is 1.98. The van der Waals surface area contributed by atoms with Gasteiger partial charge in [0.2, 0.25) is 0 Å². The van der Waals surface area contributed by atoms with Gasteiger partial charge in [-0.05, 0) is 24.6 Å². The number of methoxy groups -OCH3 is 1. The van der Waals surface area contributed by atoms with Crippen molar-refractivity contribution < 1.29 is 19.4 Å². The Labute approximate surface area is 98.5 Å². The molecule has 17 heavy (non-hydrogen) atoms. The molecule has 0 atom stereocenters. The zero-order chi connectivity index (χ0) is 12.6.